The number of nitrogens with two attached hydrogens (primary N) is 1. The van der Waals surface area contributed by atoms with Gasteiger partial charge < -0.3 is 5.73 Å². The van der Waals surface area contributed by atoms with E-state index in [2.05, 4.69) is 23.6 Å². The first-order chi connectivity index (χ1) is 9.42. The van der Waals surface area contributed by atoms with E-state index in [-0.39, 0.29) is 11.1 Å². The third-order valence-corrected chi connectivity index (χ3v) is 5.66. The van der Waals surface area contributed by atoms with E-state index in [1.165, 1.54) is 12.3 Å². The molecule has 6 heteroatoms. The van der Waals surface area contributed by atoms with Crippen LogP contribution in [-0.2, 0) is 16.6 Å². The summed E-state index contributed by atoms with van der Waals surface area (Å²) in [5.74, 6) is 1.21. The van der Waals surface area contributed by atoms with E-state index in [0.717, 1.165) is 24.8 Å². The molecule has 1 fully saturated rings. The molecular weight excluding hydrogens is 274 g/mol. The molecular formula is C14H23N3O2S. The highest BCUT2D eigenvalue weighted by Crippen LogP contribution is 2.29. The van der Waals surface area contributed by atoms with Gasteiger partial charge >= 0.3 is 0 Å². The molecule has 3 N–H and O–H groups in total. The minimum atomic E-state index is -3.53. The Bertz CT molecular complexity index is 542. The van der Waals surface area contributed by atoms with Crippen molar-refractivity contribution in [3.63, 3.8) is 0 Å². The molecule has 0 spiro atoms. The summed E-state index contributed by atoms with van der Waals surface area (Å²) in [6.07, 6.45) is 4.36. The molecule has 2 rings (SSSR count). The third-order valence-electron chi connectivity index (χ3n) is 4.23. The van der Waals surface area contributed by atoms with Gasteiger partial charge in [0.25, 0.3) is 10.0 Å². The molecule has 0 bridgehead atoms. The minimum absolute atomic E-state index is 0.0159. The Balaban J connectivity index is 2.07. The van der Waals surface area contributed by atoms with Gasteiger partial charge in [0.1, 0.15) is 0 Å². The molecule has 0 amide bonds. The van der Waals surface area contributed by atoms with Gasteiger partial charge in [-0.05, 0) is 42.7 Å². The summed E-state index contributed by atoms with van der Waals surface area (Å²) in [7, 11) is -3.53. The topological polar surface area (TPSA) is 85.1 Å². The van der Waals surface area contributed by atoms with Gasteiger partial charge in [0.15, 0.2) is 5.03 Å². The predicted octanol–water partition coefficient (Wildman–Crippen LogP) is 1.64. The van der Waals surface area contributed by atoms with E-state index < -0.39 is 10.0 Å². The summed E-state index contributed by atoms with van der Waals surface area (Å²) in [5, 5.41) is 0.0703. The van der Waals surface area contributed by atoms with Crippen LogP contribution in [0.1, 0.15) is 38.7 Å². The van der Waals surface area contributed by atoms with Crippen LogP contribution < -0.4 is 10.5 Å². The quantitative estimate of drug-likeness (QED) is 0.885. The summed E-state index contributed by atoms with van der Waals surface area (Å²) in [6.45, 7) is 4.76. The van der Waals surface area contributed by atoms with Gasteiger partial charge in [0, 0.05) is 18.8 Å². The van der Waals surface area contributed by atoms with Gasteiger partial charge in [-0.25, -0.2) is 18.1 Å². The lowest BCUT2D eigenvalue weighted by atomic mass is 9.79. The van der Waals surface area contributed by atoms with Crippen LogP contribution in [0.15, 0.2) is 23.4 Å². The van der Waals surface area contributed by atoms with Crippen LogP contribution in [-0.4, -0.2) is 19.4 Å². The Morgan fingerprint density at radius 3 is 2.60 bits per heavy atom. The maximum absolute atomic E-state index is 12.3. The number of aromatic nitrogens is 1. The van der Waals surface area contributed by atoms with Crippen molar-refractivity contribution in [3.05, 3.63) is 23.9 Å². The van der Waals surface area contributed by atoms with Gasteiger partial charge in [-0.3, -0.25) is 0 Å². The molecule has 5 nitrogen and oxygen atoms in total. The third kappa shape index (κ3) is 3.56. The number of nitrogens with one attached hydrogen (secondary N) is 1. The summed E-state index contributed by atoms with van der Waals surface area (Å²) in [5.41, 5.74) is 6.30. The van der Waals surface area contributed by atoms with Crippen molar-refractivity contribution in [1.29, 1.82) is 0 Å². The van der Waals surface area contributed by atoms with Crippen molar-refractivity contribution in [3.8, 4) is 0 Å². The van der Waals surface area contributed by atoms with E-state index >= 15 is 0 Å². The van der Waals surface area contributed by atoms with Gasteiger partial charge in [-0.15, -0.1) is 0 Å². The van der Waals surface area contributed by atoms with Crippen LogP contribution in [0.4, 0.5) is 0 Å². The number of rotatable bonds is 4. The number of nitrogens with zero attached hydrogens (tertiary/aromatic N) is 1. The molecule has 1 aliphatic rings. The van der Waals surface area contributed by atoms with E-state index in [0.29, 0.717) is 18.4 Å². The van der Waals surface area contributed by atoms with E-state index in [4.69, 9.17) is 5.73 Å². The highest BCUT2D eigenvalue weighted by atomic mass is 32.2. The highest BCUT2D eigenvalue weighted by Gasteiger charge is 2.28. The van der Waals surface area contributed by atoms with Crippen molar-refractivity contribution in [2.45, 2.75) is 50.7 Å². The summed E-state index contributed by atoms with van der Waals surface area (Å²) in [4.78, 5) is 3.99. The Labute approximate surface area is 121 Å². The lowest BCUT2D eigenvalue weighted by Gasteiger charge is -2.32. The summed E-state index contributed by atoms with van der Waals surface area (Å²) < 4.78 is 27.3. The van der Waals surface area contributed by atoms with Crippen LogP contribution >= 0.6 is 0 Å². The minimum Gasteiger partial charge on any atom is -0.326 e. The lowest BCUT2D eigenvalue weighted by Crippen LogP contribution is -2.40. The van der Waals surface area contributed by atoms with Gasteiger partial charge in [-0.2, -0.15) is 0 Å². The van der Waals surface area contributed by atoms with Crippen LogP contribution in [0.25, 0.3) is 0 Å². The molecule has 0 aliphatic heterocycles. The van der Waals surface area contributed by atoms with Crippen molar-refractivity contribution in [1.82, 2.24) is 9.71 Å². The number of hydrogen-bond donors (Lipinski definition) is 2. The van der Waals surface area contributed by atoms with E-state index in [9.17, 15) is 8.42 Å². The normalized spacial score (nSPS) is 27.4. The first-order valence-corrected chi connectivity index (χ1v) is 8.58. The zero-order chi connectivity index (χ0) is 14.8. The van der Waals surface area contributed by atoms with Crippen molar-refractivity contribution < 1.29 is 8.42 Å². The van der Waals surface area contributed by atoms with Crippen LogP contribution in [0.2, 0.25) is 0 Å². The number of sulfonamides is 1. The molecule has 1 saturated carbocycles. The Hall–Kier alpha value is -0.980. The van der Waals surface area contributed by atoms with Crippen molar-refractivity contribution in [2.75, 3.05) is 0 Å². The van der Waals surface area contributed by atoms with Crippen molar-refractivity contribution in [2.24, 2.45) is 17.6 Å². The fourth-order valence-electron chi connectivity index (χ4n) is 2.62. The van der Waals surface area contributed by atoms with Crippen LogP contribution in [0.5, 0.6) is 0 Å². The first-order valence-electron chi connectivity index (χ1n) is 7.09. The van der Waals surface area contributed by atoms with Gasteiger partial charge in [0.2, 0.25) is 0 Å². The molecule has 20 heavy (non-hydrogen) atoms. The van der Waals surface area contributed by atoms with Crippen molar-refractivity contribution >= 4 is 10.0 Å². The predicted molar refractivity (Wildman–Crippen MR) is 78.4 cm³/mol. The van der Waals surface area contributed by atoms with E-state index in [1.54, 1.807) is 6.07 Å². The maximum atomic E-state index is 12.3. The van der Waals surface area contributed by atoms with Crippen LogP contribution in [0.3, 0.4) is 0 Å². The second-order valence-corrected chi connectivity index (χ2v) is 7.46. The molecule has 1 aromatic rings. The largest absolute Gasteiger partial charge is 0.326 e. The Morgan fingerprint density at radius 1 is 1.30 bits per heavy atom. The Kier molecular flexibility index (Phi) is 4.78. The van der Waals surface area contributed by atoms with Gasteiger partial charge in [0.05, 0.1) is 0 Å². The average molecular weight is 297 g/mol. The zero-order valence-corrected chi connectivity index (χ0v) is 12.9. The molecule has 0 saturated heterocycles. The molecule has 3 unspecified atom stereocenters. The molecule has 1 aromatic heterocycles. The maximum Gasteiger partial charge on any atom is 0.258 e. The molecule has 1 heterocycles. The van der Waals surface area contributed by atoms with Crippen LogP contribution in [0, 0.1) is 11.8 Å². The van der Waals surface area contributed by atoms with Gasteiger partial charge in [-0.1, -0.05) is 19.9 Å². The summed E-state index contributed by atoms with van der Waals surface area (Å²) >= 11 is 0. The smallest absolute Gasteiger partial charge is 0.258 e. The molecule has 0 aromatic carbocycles. The molecule has 112 valence electrons. The monoisotopic (exact) mass is 297 g/mol. The fourth-order valence-corrected chi connectivity index (χ4v) is 3.84. The second kappa shape index (κ2) is 6.20. The number of pyridine rings is 1. The lowest BCUT2D eigenvalue weighted by molar-refractivity contribution is 0.241. The van der Waals surface area contributed by atoms with E-state index in [1.807, 2.05) is 0 Å². The molecule has 1 aliphatic carbocycles. The fraction of sp³-hybridized carbons (Fsp3) is 0.643. The first kappa shape index (κ1) is 15.4. The Morgan fingerprint density at radius 2 is 2.05 bits per heavy atom. The number of hydrogen-bond acceptors (Lipinski definition) is 4. The summed E-state index contributed by atoms with van der Waals surface area (Å²) in [6, 6.07) is 3.23. The highest BCUT2D eigenvalue weighted by molar-refractivity contribution is 7.89. The second-order valence-electron chi connectivity index (χ2n) is 5.79. The zero-order valence-electron chi connectivity index (χ0n) is 12.0. The average Bonchev–Trinajstić information content (AvgIpc) is 2.43. The molecule has 3 atom stereocenters. The standard InChI is InChI=1S/C14H23N3O2S/c1-10-3-5-13(7-11(10)2)17-20(18,19)14-6-4-12(8-15)9-16-14/h4,6,9-11,13,17H,3,5,7-8,15H2,1-2H3. The SMILES string of the molecule is CC1CCC(NS(=O)(=O)c2ccc(CN)cn2)CC1C. The molecule has 0 radical (unpaired) electrons.